The van der Waals surface area contributed by atoms with E-state index in [1.165, 1.54) is 11.1 Å². The van der Waals surface area contributed by atoms with E-state index in [2.05, 4.69) is 37.9 Å². The molecule has 1 aliphatic carbocycles. The number of aromatic nitrogens is 1. The molecular formula is C34H30Cl2N2O4. The predicted octanol–water partition coefficient (Wildman–Crippen LogP) is 8.71. The summed E-state index contributed by atoms with van der Waals surface area (Å²) >= 11 is 12.8. The van der Waals surface area contributed by atoms with Crippen molar-refractivity contribution in [3.63, 3.8) is 0 Å². The molecule has 6 rings (SSSR count). The summed E-state index contributed by atoms with van der Waals surface area (Å²) in [7, 11) is 0. The normalized spacial score (nSPS) is 19.7. The number of oxazole rings is 1. The maximum atomic E-state index is 14.1. The van der Waals surface area contributed by atoms with Gasteiger partial charge in [-0.25, -0.2) is 9.78 Å². The lowest BCUT2D eigenvalue weighted by Gasteiger charge is -2.50. The second-order valence-corrected chi connectivity index (χ2v) is 12.7. The summed E-state index contributed by atoms with van der Waals surface area (Å²) in [5, 5.41) is 10.2. The lowest BCUT2D eigenvalue weighted by molar-refractivity contribution is 0.0679. The van der Waals surface area contributed by atoms with Crippen molar-refractivity contribution in [1.82, 2.24) is 9.88 Å². The lowest BCUT2D eigenvalue weighted by atomic mass is 9.58. The van der Waals surface area contributed by atoms with Gasteiger partial charge < -0.3 is 14.4 Å². The summed E-state index contributed by atoms with van der Waals surface area (Å²) < 4.78 is 6.08. The van der Waals surface area contributed by atoms with Crippen LogP contribution in [0.25, 0.3) is 28.1 Å². The highest BCUT2D eigenvalue weighted by Crippen LogP contribution is 2.55. The third-order valence-electron chi connectivity index (χ3n) is 8.73. The van der Waals surface area contributed by atoms with Crippen LogP contribution in [0.15, 0.2) is 76.7 Å². The average Bonchev–Trinajstić information content (AvgIpc) is 3.39. The molecule has 1 atom stereocenters. The third-order valence-corrected chi connectivity index (χ3v) is 9.58. The van der Waals surface area contributed by atoms with Gasteiger partial charge in [0.05, 0.1) is 16.1 Å². The van der Waals surface area contributed by atoms with E-state index in [0.717, 1.165) is 12.0 Å². The van der Waals surface area contributed by atoms with Gasteiger partial charge >= 0.3 is 5.97 Å². The van der Waals surface area contributed by atoms with Crippen molar-refractivity contribution in [3.8, 4) is 11.5 Å². The fourth-order valence-corrected chi connectivity index (χ4v) is 7.07. The largest absolute Gasteiger partial charge is 0.478 e. The number of hydrogen-bond donors (Lipinski definition) is 1. The van der Waals surface area contributed by atoms with E-state index in [9.17, 15) is 14.7 Å². The van der Waals surface area contributed by atoms with Crippen molar-refractivity contribution in [2.45, 2.75) is 34.1 Å². The number of hydrogen-bond acceptors (Lipinski definition) is 4. The highest BCUT2D eigenvalue weighted by molar-refractivity contribution is 6.39. The van der Waals surface area contributed by atoms with Crippen molar-refractivity contribution in [2.75, 3.05) is 13.1 Å². The first-order chi connectivity index (χ1) is 19.9. The van der Waals surface area contributed by atoms with Crippen LogP contribution in [0.4, 0.5) is 0 Å². The van der Waals surface area contributed by atoms with Crippen molar-refractivity contribution >= 4 is 51.8 Å². The highest BCUT2D eigenvalue weighted by Gasteiger charge is 2.46. The first kappa shape index (κ1) is 28.3. The van der Waals surface area contributed by atoms with Crippen LogP contribution >= 0.6 is 23.2 Å². The summed E-state index contributed by atoms with van der Waals surface area (Å²) in [5.74, 6) is -0.717. The van der Waals surface area contributed by atoms with Crippen LogP contribution in [-0.4, -0.2) is 40.0 Å². The molecule has 0 spiro atoms. The summed E-state index contributed by atoms with van der Waals surface area (Å²) in [6.07, 6.45) is 5.18. The minimum Gasteiger partial charge on any atom is -0.478 e. The van der Waals surface area contributed by atoms with Gasteiger partial charge in [0.25, 0.3) is 5.91 Å². The third kappa shape index (κ3) is 4.54. The minimum atomic E-state index is -0.938. The molecule has 4 aromatic rings. The zero-order valence-corrected chi connectivity index (χ0v) is 25.3. The fraction of sp³-hybridized carbons (Fsp3) is 0.265. The number of fused-ring (bicyclic) bond motifs is 2. The van der Waals surface area contributed by atoms with Gasteiger partial charge in [-0.2, -0.15) is 0 Å². The Balaban J connectivity index is 1.31. The summed E-state index contributed by atoms with van der Waals surface area (Å²) in [5.41, 5.74) is 5.98. The number of carbonyl (C=O) groups excluding carboxylic acids is 1. The van der Waals surface area contributed by atoms with Crippen LogP contribution in [0.1, 0.15) is 59.0 Å². The molecule has 42 heavy (non-hydrogen) atoms. The van der Waals surface area contributed by atoms with Crippen molar-refractivity contribution in [1.29, 1.82) is 0 Å². The molecule has 6 nitrogen and oxygen atoms in total. The second kappa shape index (κ2) is 10.1. The fourth-order valence-electron chi connectivity index (χ4n) is 6.59. The quantitative estimate of drug-likeness (QED) is 0.237. The van der Waals surface area contributed by atoms with Crippen molar-refractivity contribution < 1.29 is 19.1 Å². The Labute approximate surface area is 254 Å². The molecule has 1 aliphatic heterocycles. The number of halogens is 2. The molecule has 1 amide bonds. The number of nitrogens with zero attached hydrogens (tertiary/aromatic N) is 2. The number of benzene rings is 3. The van der Waals surface area contributed by atoms with Crippen LogP contribution in [0, 0.1) is 17.8 Å². The van der Waals surface area contributed by atoms with E-state index in [4.69, 9.17) is 27.6 Å². The van der Waals surface area contributed by atoms with E-state index in [0.29, 0.717) is 56.8 Å². The molecule has 0 saturated carbocycles. The van der Waals surface area contributed by atoms with E-state index in [1.54, 1.807) is 24.3 Å². The average molecular weight is 602 g/mol. The Morgan fingerprint density at radius 3 is 2.45 bits per heavy atom. The molecule has 2 aliphatic rings. The molecule has 0 unspecified atom stereocenters. The maximum absolute atomic E-state index is 14.1. The molecule has 0 saturated heterocycles. The van der Waals surface area contributed by atoms with Crippen LogP contribution in [-0.2, 0) is 0 Å². The molecular weight excluding hydrogens is 571 g/mol. The molecule has 0 bridgehead atoms. The van der Waals surface area contributed by atoms with Crippen LogP contribution < -0.4 is 0 Å². The second-order valence-electron chi connectivity index (χ2n) is 11.9. The molecule has 8 heteroatoms. The Kier molecular flexibility index (Phi) is 6.82. The van der Waals surface area contributed by atoms with E-state index in [1.807, 2.05) is 42.2 Å². The topological polar surface area (TPSA) is 83.6 Å². The summed E-state index contributed by atoms with van der Waals surface area (Å²) in [4.78, 5) is 31.9. The van der Waals surface area contributed by atoms with Gasteiger partial charge in [-0.05, 0) is 60.4 Å². The molecule has 1 N–H and O–H groups in total. The van der Waals surface area contributed by atoms with E-state index in [-0.39, 0.29) is 22.3 Å². The maximum Gasteiger partial charge on any atom is 0.335 e. The molecule has 0 fully saturated rings. The van der Waals surface area contributed by atoms with Gasteiger partial charge in [-0.15, -0.1) is 0 Å². The standard InChI is InChI=1S/C34H30Cl2N2O4/c1-19-25(35)17-26-29(28(19)36)42-30(37-26)22-7-5-6-8-23(22)31(39)38-16-14-27-33(2,3)24(13-15-34(27,4)18-38)20-9-11-21(12-10-20)32(40)41/h5-14,17H,15-16,18H2,1-4H3,(H,40,41)/t34-/m1/s1. The number of rotatable bonds is 4. The number of allylic oxidation sites excluding steroid dienone is 2. The minimum absolute atomic E-state index is 0.0958. The zero-order valence-electron chi connectivity index (χ0n) is 23.8. The van der Waals surface area contributed by atoms with Gasteiger partial charge in [0.2, 0.25) is 5.89 Å². The molecule has 2 heterocycles. The van der Waals surface area contributed by atoms with Gasteiger partial charge in [-0.1, -0.05) is 86.0 Å². The van der Waals surface area contributed by atoms with Crippen molar-refractivity contribution in [3.05, 3.63) is 105 Å². The Morgan fingerprint density at radius 2 is 1.74 bits per heavy atom. The van der Waals surface area contributed by atoms with E-state index >= 15 is 0 Å². The molecule has 0 radical (unpaired) electrons. The predicted molar refractivity (Wildman–Crippen MR) is 166 cm³/mol. The monoisotopic (exact) mass is 600 g/mol. The van der Waals surface area contributed by atoms with Gasteiger partial charge in [0.1, 0.15) is 5.52 Å². The smallest absolute Gasteiger partial charge is 0.335 e. The first-order valence-electron chi connectivity index (χ1n) is 13.8. The summed E-state index contributed by atoms with van der Waals surface area (Å²) in [6.45, 7) is 9.47. The molecule has 3 aromatic carbocycles. The van der Waals surface area contributed by atoms with Crippen LogP contribution in [0.2, 0.25) is 10.0 Å². The van der Waals surface area contributed by atoms with Gasteiger partial charge in [0.15, 0.2) is 5.58 Å². The number of amides is 1. The summed E-state index contributed by atoms with van der Waals surface area (Å²) in [6, 6.07) is 16.1. The zero-order chi connectivity index (χ0) is 30.0. The Hall–Kier alpha value is -3.87. The highest BCUT2D eigenvalue weighted by atomic mass is 35.5. The number of carboxylic acid groups (broad SMARTS) is 1. The lowest BCUT2D eigenvalue weighted by Crippen LogP contribution is -2.48. The molecule has 214 valence electrons. The molecule has 1 aromatic heterocycles. The number of carboxylic acids is 1. The van der Waals surface area contributed by atoms with Crippen molar-refractivity contribution in [2.24, 2.45) is 10.8 Å². The Bertz CT molecular complexity index is 1830. The van der Waals surface area contributed by atoms with Gasteiger partial charge in [0, 0.05) is 34.5 Å². The first-order valence-corrected chi connectivity index (χ1v) is 14.6. The number of aromatic carboxylic acids is 1. The number of carbonyl (C=O) groups is 2. The van der Waals surface area contributed by atoms with Crippen LogP contribution in [0.5, 0.6) is 0 Å². The van der Waals surface area contributed by atoms with E-state index < -0.39 is 5.97 Å². The SMILES string of the molecule is Cc1c(Cl)cc2nc(-c3ccccc3C(=O)N3CC=C4C(C)(C)C(c5ccc(C(=O)O)cc5)=CC[C@]4(C)C3)oc2c1Cl. The van der Waals surface area contributed by atoms with Crippen LogP contribution in [0.3, 0.4) is 0 Å². The van der Waals surface area contributed by atoms with Gasteiger partial charge in [-0.3, -0.25) is 4.79 Å². The Morgan fingerprint density at radius 1 is 1.02 bits per heavy atom.